The topological polar surface area (TPSA) is 82.7 Å². The lowest BCUT2D eigenvalue weighted by Crippen LogP contribution is -2.49. The van der Waals surface area contributed by atoms with Crippen LogP contribution in [-0.4, -0.2) is 66.6 Å². The highest BCUT2D eigenvalue weighted by molar-refractivity contribution is 5.77. The molecule has 2 aliphatic rings. The van der Waals surface area contributed by atoms with Gasteiger partial charge in [0, 0.05) is 58.2 Å². The van der Waals surface area contributed by atoms with Crippen LogP contribution in [0.2, 0.25) is 0 Å². The Labute approximate surface area is 138 Å². The van der Waals surface area contributed by atoms with Gasteiger partial charge in [-0.2, -0.15) is 0 Å². The van der Waals surface area contributed by atoms with Crippen LogP contribution >= 0.6 is 0 Å². The number of anilines is 1. The molecule has 0 aromatic carbocycles. The molecule has 0 radical (unpaired) electrons. The highest BCUT2D eigenvalue weighted by Crippen LogP contribution is 2.26. The Morgan fingerprint density at radius 1 is 1.22 bits per heavy atom. The first kappa shape index (κ1) is 16.0. The molecule has 7 nitrogen and oxygen atoms in total. The molecule has 2 heterocycles. The number of nitrogens with zero attached hydrogens (tertiary/aromatic N) is 5. The Balaban J connectivity index is 1.31. The molecule has 1 aliphatic heterocycles. The summed E-state index contributed by atoms with van der Waals surface area (Å²) in [7, 11) is 0. The van der Waals surface area contributed by atoms with Gasteiger partial charge in [-0.05, 0) is 24.8 Å². The number of aliphatic imine (C=N–C) groups is 1. The van der Waals surface area contributed by atoms with Crippen LogP contribution in [0.15, 0.2) is 23.5 Å². The Bertz CT molecular complexity index is 492. The van der Waals surface area contributed by atoms with E-state index < -0.39 is 0 Å². The zero-order valence-corrected chi connectivity index (χ0v) is 13.7. The van der Waals surface area contributed by atoms with Crippen molar-refractivity contribution in [1.29, 1.82) is 0 Å². The average Bonchev–Trinajstić information content (AvgIpc) is 2.55. The lowest BCUT2D eigenvalue weighted by atomic mass is 9.86. The maximum Gasteiger partial charge on any atom is 0.225 e. The van der Waals surface area contributed by atoms with Crippen LogP contribution < -0.4 is 16.0 Å². The number of guanidine groups is 1. The van der Waals surface area contributed by atoms with Crippen LogP contribution in [-0.2, 0) is 0 Å². The van der Waals surface area contributed by atoms with E-state index in [9.17, 15) is 0 Å². The van der Waals surface area contributed by atoms with E-state index in [1.54, 1.807) is 12.4 Å². The van der Waals surface area contributed by atoms with Gasteiger partial charge in [-0.3, -0.25) is 9.89 Å². The third-order valence-corrected chi connectivity index (χ3v) is 4.69. The molecule has 0 bridgehead atoms. The van der Waals surface area contributed by atoms with Crippen LogP contribution in [0, 0.1) is 5.92 Å². The van der Waals surface area contributed by atoms with E-state index in [-0.39, 0.29) is 0 Å². The maximum atomic E-state index is 5.91. The quantitative estimate of drug-likeness (QED) is 0.580. The number of hydrogen-bond donors (Lipinski definition) is 2. The number of nitrogens with one attached hydrogen (secondary N) is 1. The summed E-state index contributed by atoms with van der Waals surface area (Å²) < 4.78 is 0. The lowest BCUT2D eigenvalue weighted by Gasteiger charge is -2.34. The van der Waals surface area contributed by atoms with E-state index in [0.29, 0.717) is 5.96 Å². The highest BCUT2D eigenvalue weighted by Gasteiger charge is 2.18. The van der Waals surface area contributed by atoms with Gasteiger partial charge in [0.05, 0.1) is 0 Å². The molecule has 1 saturated heterocycles. The first-order valence-corrected chi connectivity index (χ1v) is 8.59. The molecule has 1 saturated carbocycles. The molecule has 1 aliphatic carbocycles. The van der Waals surface area contributed by atoms with Crippen molar-refractivity contribution in [2.24, 2.45) is 16.6 Å². The van der Waals surface area contributed by atoms with E-state index in [0.717, 1.165) is 57.7 Å². The molecule has 23 heavy (non-hydrogen) atoms. The van der Waals surface area contributed by atoms with Gasteiger partial charge >= 0.3 is 0 Å². The van der Waals surface area contributed by atoms with Crippen LogP contribution in [0.5, 0.6) is 0 Å². The van der Waals surface area contributed by atoms with E-state index in [2.05, 4.69) is 30.1 Å². The first-order valence-electron chi connectivity index (χ1n) is 8.59. The van der Waals surface area contributed by atoms with Gasteiger partial charge < -0.3 is 16.0 Å². The third-order valence-electron chi connectivity index (χ3n) is 4.69. The Kier molecular flexibility index (Phi) is 5.63. The molecule has 1 aromatic rings. The van der Waals surface area contributed by atoms with E-state index in [1.807, 2.05) is 6.07 Å². The van der Waals surface area contributed by atoms with Gasteiger partial charge in [0.25, 0.3) is 0 Å². The molecule has 0 amide bonds. The summed E-state index contributed by atoms with van der Waals surface area (Å²) >= 11 is 0. The predicted molar refractivity (Wildman–Crippen MR) is 92.5 cm³/mol. The van der Waals surface area contributed by atoms with Crippen molar-refractivity contribution in [1.82, 2.24) is 20.2 Å². The van der Waals surface area contributed by atoms with Crippen molar-refractivity contribution >= 4 is 11.9 Å². The van der Waals surface area contributed by atoms with Crippen LogP contribution in [0.25, 0.3) is 0 Å². The Morgan fingerprint density at radius 2 is 1.96 bits per heavy atom. The summed E-state index contributed by atoms with van der Waals surface area (Å²) in [6.07, 6.45) is 7.57. The van der Waals surface area contributed by atoms with Crippen molar-refractivity contribution in [2.45, 2.75) is 19.3 Å². The normalized spacial score (nSPS) is 20.3. The van der Waals surface area contributed by atoms with Crippen molar-refractivity contribution in [3.8, 4) is 0 Å². The number of nitrogens with two attached hydrogens (primary N) is 1. The minimum Gasteiger partial charge on any atom is -0.370 e. The molecule has 0 spiro atoms. The lowest BCUT2D eigenvalue weighted by molar-refractivity contribution is 0.260. The van der Waals surface area contributed by atoms with Crippen molar-refractivity contribution in [3.63, 3.8) is 0 Å². The van der Waals surface area contributed by atoms with Crippen molar-refractivity contribution in [2.75, 3.05) is 50.7 Å². The number of aromatic nitrogens is 2. The molecule has 3 rings (SSSR count). The molecule has 2 fully saturated rings. The van der Waals surface area contributed by atoms with Gasteiger partial charge in [-0.25, -0.2) is 9.97 Å². The van der Waals surface area contributed by atoms with Crippen LogP contribution in [0.3, 0.4) is 0 Å². The van der Waals surface area contributed by atoms with Crippen LogP contribution in [0.1, 0.15) is 19.3 Å². The minimum atomic E-state index is 0.591. The summed E-state index contributed by atoms with van der Waals surface area (Å²) in [6.45, 7) is 6.71. The monoisotopic (exact) mass is 317 g/mol. The van der Waals surface area contributed by atoms with Crippen LogP contribution in [0.4, 0.5) is 5.95 Å². The molecule has 0 atom stereocenters. The van der Waals surface area contributed by atoms with Crippen molar-refractivity contribution in [3.05, 3.63) is 18.5 Å². The van der Waals surface area contributed by atoms with E-state index >= 15 is 0 Å². The Morgan fingerprint density at radius 3 is 2.61 bits per heavy atom. The minimum absolute atomic E-state index is 0.591. The molecule has 126 valence electrons. The second-order valence-corrected chi connectivity index (χ2v) is 6.33. The van der Waals surface area contributed by atoms with Gasteiger partial charge in [0.2, 0.25) is 5.95 Å². The zero-order chi connectivity index (χ0) is 15.9. The fourth-order valence-electron chi connectivity index (χ4n) is 2.93. The highest BCUT2D eigenvalue weighted by atomic mass is 15.3. The number of piperazine rings is 1. The molecular weight excluding hydrogens is 290 g/mol. The maximum absolute atomic E-state index is 5.91. The second-order valence-electron chi connectivity index (χ2n) is 6.33. The van der Waals surface area contributed by atoms with E-state index in [4.69, 9.17) is 5.73 Å². The van der Waals surface area contributed by atoms with Gasteiger partial charge in [0.1, 0.15) is 0 Å². The number of rotatable bonds is 6. The molecule has 3 N–H and O–H groups in total. The largest absolute Gasteiger partial charge is 0.370 e. The molecular formula is C16H27N7. The summed E-state index contributed by atoms with van der Waals surface area (Å²) in [5.41, 5.74) is 5.91. The summed E-state index contributed by atoms with van der Waals surface area (Å²) in [5.74, 6) is 2.19. The fourth-order valence-corrected chi connectivity index (χ4v) is 2.93. The Hall–Kier alpha value is -1.89. The predicted octanol–water partition coefficient (Wildman–Crippen LogP) is 0.303. The number of hydrogen-bond acceptors (Lipinski definition) is 5. The molecule has 1 aromatic heterocycles. The summed E-state index contributed by atoms with van der Waals surface area (Å²) in [5, 5.41) is 3.22. The fraction of sp³-hybridized carbons (Fsp3) is 0.688. The molecule has 0 unspecified atom stereocenters. The molecule has 7 heteroatoms. The second kappa shape index (κ2) is 8.10. The third kappa shape index (κ3) is 4.79. The van der Waals surface area contributed by atoms with Gasteiger partial charge in [0.15, 0.2) is 5.96 Å². The van der Waals surface area contributed by atoms with Gasteiger partial charge in [-0.15, -0.1) is 0 Å². The SMILES string of the molecule is NC(=NCC1CCC1)NCCN1CCN(c2ncccn2)CC1. The standard InChI is InChI=1S/C16H27N7/c17-15(21-13-14-3-1-4-14)18-7-8-22-9-11-23(12-10-22)16-19-5-2-6-20-16/h2,5-6,14H,1,3-4,7-13H2,(H3,17,18,21). The van der Waals surface area contributed by atoms with E-state index in [1.165, 1.54) is 19.3 Å². The average molecular weight is 317 g/mol. The first-order chi connectivity index (χ1) is 11.3. The van der Waals surface area contributed by atoms with Gasteiger partial charge in [-0.1, -0.05) is 6.42 Å². The smallest absolute Gasteiger partial charge is 0.225 e. The summed E-state index contributed by atoms with van der Waals surface area (Å²) in [6, 6.07) is 1.85. The van der Waals surface area contributed by atoms with Crippen molar-refractivity contribution < 1.29 is 0 Å². The zero-order valence-electron chi connectivity index (χ0n) is 13.7. The summed E-state index contributed by atoms with van der Waals surface area (Å²) in [4.78, 5) is 17.7.